The number of aromatic amines is 2. The number of carbonyl (C=O) groups excluding carboxylic acids is 1. The van der Waals surface area contributed by atoms with Gasteiger partial charge in [-0.05, 0) is 49.4 Å². The summed E-state index contributed by atoms with van der Waals surface area (Å²) in [5.74, 6) is 0.547. The molecule has 0 radical (unpaired) electrons. The number of benzene rings is 2. The first-order valence-corrected chi connectivity index (χ1v) is 10.9. The molecule has 0 fully saturated rings. The van der Waals surface area contributed by atoms with Crippen LogP contribution in [0.4, 0.5) is 11.5 Å². The number of nitrogens with two attached hydrogens (primary N) is 1. The Morgan fingerprint density at radius 3 is 2.68 bits per heavy atom. The molecule has 2 aromatic carbocycles. The van der Waals surface area contributed by atoms with Crippen LogP contribution in [0.2, 0.25) is 0 Å². The molecule has 6 N–H and O–H groups in total. The zero-order valence-electron chi connectivity index (χ0n) is 18.5. The van der Waals surface area contributed by atoms with E-state index in [4.69, 9.17) is 5.73 Å². The van der Waals surface area contributed by atoms with Gasteiger partial charge in [0.15, 0.2) is 5.69 Å². The number of nitrogens with zero attached hydrogens (tertiary/aromatic N) is 2. The van der Waals surface area contributed by atoms with Crippen molar-refractivity contribution in [3.05, 3.63) is 82.3 Å². The van der Waals surface area contributed by atoms with Crippen molar-refractivity contribution in [2.24, 2.45) is 0 Å². The van der Waals surface area contributed by atoms with E-state index in [0.717, 1.165) is 11.5 Å². The molecule has 5 rings (SSSR count). The van der Waals surface area contributed by atoms with Gasteiger partial charge in [-0.2, -0.15) is 0 Å². The first-order chi connectivity index (χ1) is 16.5. The number of aryl methyl sites for hydroxylation is 1. The van der Waals surface area contributed by atoms with Crippen molar-refractivity contribution in [2.75, 3.05) is 24.1 Å². The van der Waals surface area contributed by atoms with Crippen LogP contribution in [0.25, 0.3) is 33.3 Å². The quantitative estimate of drug-likeness (QED) is 0.250. The highest BCUT2D eigenvalue weighted by Gasteiger charge is 2.17. The van der Waals surface area contributed by atoms with Gasteiger partial charge in [-0.25, -0.2) is 9.97 Å². The summed E-state index contributed by atoms with van der Waals surface area (Å²) in [4.78, 5) is 40.2. The minimum Gasteiger partial charge on any atom is -0.396 e. The molecule has 34 heavy (non-hydrogen) atoms. The normalized spacial score (nSPS) is 11.1. The third-order valence-electron chi connectivity index (χ3n) is 5.54. The van der Waals surface area contributed by atoms with Gasteiger partial charge >= 0.3 is 0 Å². The number of hydrogen-bond donors (Lipinski definition) is 5. The molecule has 0 unspecified atom stereocenters. The zero-order chi connectivity index (χ0) is 23.7. The minimum absolute atomic E-state index is 0.203. The molecule has 0 saturated carbocycles. The van der Waals surface area contributed by atoms with Crippen LogP contribution in [0.1, 0.15) is 16.1 Å². The number of amides is 1. The smallest absolute Gasteiger partial charge is 0.276 e. The summed E-state index contributed by atoms with van der Waals surface area (Å²) in [6.45, 7) is 2.89. The Morgan fingerprint density at radius 1 is 0.971 bits per heavy atom. The third-order valence-corrected chi connectivity index (χ3v) is 5.54. The molecule has 0 bridgehead atoms. The fraction of sp³-hybridized carbons (Fsp3) is 0.120. The lowest BCUT2D eigenvalue weighted by molar-refractivity contribution is 0.0955. The van der Waals surface area contributed by atoms with Crippen molar-refractivity contribution in [1.29, 1.82) is 0 Å². The van der Waals surface area contributed by atoms with Crippen LogP contribution in [-0.4, -0.2) is 38.9 Å². The number of pyridine rings is 1. The van der Waals surface area contributed by atoms with E-state index in [1.807, 2.05) is 43.3 Å². The minimum atomic E-state index is -0.342. The van der Waals surface area contributed by atoms with Gasteiger partial charge in [-0.15, -0.1) is 0 Å². The Hall–Kier alpha value is -4.66. The Bertz CT molecular complexity index is 1590. The fourth-order valence-electron chi connectivity index (χ4n) is 3.85. The third kappa shape index (κ3) is 4.06. The number of rotatable bonds is 6. The number of H-pyrrole nitrogens is 2. The van der Waals surface area contributed by atoms with E-state index in [9.17, 15) is 9.59 Å². The average molecular weight is 454 g/mol. The number of carbonyl (C=O) groups is 1. The summed E-state index contributed by atoms with van der Waals surface area (Å²) < 4.78 is 0. The van der Waals surface area contributed by atoms with Gasteiger partial charge < -0.3 is 26.3 Å². The monoisotopic (exact) mass is 453 g/mol. The Balaban J connectivity index is 1.35. The summed E-state index contributed by atoms with van der Waals surface area (Å²) in [7, 11) is 0. The Labute approximate surface area is 194 Å². The average Bonchev–Trinajstić information content (AvgIpc) is 3.17. The molecule has 0 saturated heterocycles. The highest BCUT2D eigenvalue weighted by atomic mass is 16.1. The standard InChI is InChI=1S/C25H23N7O2/c1-14-5-4-8-20(29-14)27-11-12-28-24(33)15-9-10-17-16(13-15)21(26)22(30-17)23-25(34)32-19-7-3-2-6-18(19)31-23/h2-10,13,30H,11-12,26H2,1H3,(H,27,29)(H,28,33)(H,32,34). The van der Waals surface area contributed by atoms with Gasteiger partial charge in [0.05, 0.1) is 22.4 Å². The fourth-order valence-corrected chi connectivity index (χ4v) is 3.85. The van der Waals surface area contributed by atoms with Crippen LogP contribution in [0.3, 0.4) is 0 Å². The van der Waals surface area contributed by atoms with E-state index in [1.165, 1.54) is 0 Å². The lowest BCUT2D eigenvalue weighted by atomic mass is 10.1. The summed E-state index contributed by atoms with van der Waals surface area (Å²) >= 11 is 0. The van der Waals surface area contributed by atoms with Crippen molar-refractivity contribution in [3.63, 3.8) is 0 Å². The molecule has 0 aliphatic rings. The molecule has 0 aliphatic carbocycles. The van der Waals surface area contributed by atoms with Crippen LogP contribution in [0, 0.1) is 6.92 Å². The SMILES string of the molecule is Cc1cccc(NCCNC(=O)c2ccc3[nH]c(-c4nc5ccccc5[nH]c4=O)c(N)c3c2)n1. The number of nitrogen functional groups attached to an aromatic ring is 1. The zero-order valence-corrected chi connectivity index (χ0v) is 18.5. The van der Waals surface area contributed by atoms with Crippen molar-refractivity contribution < 1.29 is 4.79 Å². The Kier molecular flexibility index (Phi) is 5.43. The molecule has 0 spiro atoms. The summed E-state index contributed by atoms with van der Waals surface area (Å²) in [6.07, 6.45) is 0. The van der Waals surface area contributed by atoms with E-state index in [1.54, 1.807) is 24.3 Å². The molecule has 9 nitrogen and oxygen atoms in total. The largest absolute Gasteiger partial charge is 0.396 e. The molecule has 170 valence electrons. The molecule has 3 aromatic heterocycles. The number of hydrogen-bond acceptors (Lipinski definition) is 6. The van der Waals surface area contributed by atoms with Gasteiger partial charge in [0.25, 0.3) is 11.5 Å². The van der Waals surface area contributed by atoms with Crippen molar-refractivity contribution in [3.8, 4) is 11.4 Å². The number of nitrogens with one attached hydrogen (secondary N) is 4. The molecule has 0 atom stereocenters. The number of anilines is 2. The first-order valence-electron chi connectivity index (χ1n) is 10.9. The van der Waals surface area contributed by atoms with Gasteiger partial charge in [0, 0.05) is 35.2 Å². The van der Waals surface area contributed by atoms with Crippen molar-refractivity contribution in [2.45, 2.75) is 6.92 Å². The predicted molar refractivity (Wildman–Crippen MR) is 134 cm³/mol. The number of fused-ring (bicyclic) bond motifs is 2. The lowest BCUT2D eigenvalue weighted by Gasteiger charge is -2.08. The summed E-state index contributed by atoms with van der Waals surface area (Å²) in [5, 5.41) is 6.72. The second-order valence-corrected chi connectivity index (χ2v) is 7.95. The van der Waals surface area contributed by atoms with Crippen LogP contribution in [0.5, 0.6) is 0 Å². The van der Waals surface area contributed by atoms with E-state index in [0.29, 0.717) is 52.0 Å². The highest BCUT2D eigenvalue weighted by Crippen LogP contribution is 2.31. The molecule has 5 aromatic rings. The molecule has 9 heteroatoms. The lowest BCUT2D eigenvalue weighted by Crippen LogP contribution is -2.28. The van der Waals surface area contributed by atoms with Crippen molar-refractivity contribution in [1.82, 2.24) is 25.3 Å². The van der Waals surface area contributed by atoms with Gasteiger partial charge in [-0.1, -0.05) is 18.2 Å². The predicted octanol–water partition coefficient (Wildman–Crippen LogP) is 3.20. The maximum Gasteiger partial charge on any atom is 0.276 e. The van der Waals surface area contributed by atoms with Crippen LogP contribution < -0.4 is 21.9 Å². The second kappa shape index (κ2) is 8.70. The number of aromatic nitrogens is 4. The van der Waals surface area contributed by atoms with Crippen LogP contribution in [0.15, 0.2) is 65.5 Å². The van der Waals surface area contributed by atoms with E-state index in [2.05, 4.69) is 30.6 Å². The molecular formula is C25H23N7O2. The molecular weight excluding hydrogens is 430 g/mol. The van der Waals surface area contributed by atoms with Gasteiger partial charge in [-0.3, -0.25) is 9.59 Å². The second-order valence-electron chi connectivity index (χ2n) is 7.95. The summed E-state index contributed by atoms with van der Waals surface area (Å²) in [5.41, 5.74) is 10.4. The first kappa shape index (κ1) is 21.2. The van der Waals surface area contributed by atoms with Gasteiger partial charge in [0.2, 0.25) is 0 Å². The maximum absolute atomic E-state index is 12.7. The summed E-state index contributed by atoms with van der Waals surface area (Å²) in [6, 6.07) is 18.2. The van der Waals surface area contributed by atoms with Gasteiger partial charge in [0.1, 0.15) is 5.82 Å². The van der Waals surface area contributed by atoms with Crippen LogP contribution in [-0.2, 0) is 0 Å². The van der Waals surface area contributed by atoms with Crippen molar-refractivity contribution >= 4 is 39.3 Å². The van der Waals surface area contributed by atoms with E-state index >= 15 is 0 Å². The van der Waals surface area contributed by atoms with E-state index < -0.39 is 0 Å². The molecule has 3 heterocycles. The van der Waals surface area contributed by atoms with E-state index in [-0.39, 0.29) is 17.2 Å². The molecule has 0 aliphatic heterocycles. The molecule has 1 amide bonds. The topological polar surface area (TPSA) is 142 Å². The van der Waals surface area contributed by atoms with Crippen LogP contribution >= 0.6 is 0 Å². The Morgan fingerprint density at radius 2 is 1.82 bits per heavy atom. The highest BCUT2D eigenvalue weighted by molar-refractivity contribution is 6.04. The number of para-hydroxylation sites is 2. The maximum atomic E-state index is 12.7.